The van der Waals surface area contributed by atoms with E-state index in [4.69, 9.17) is 4.74 Å². The number of ether oxygens (including phenoxy) is 1. The first-order chi connectivity index (χ1) is 9.39. The first kappa shape index (κ1) is 14.8. The van der Waals surface area contributed by atoms with Crippen LogP contribution in [-0.4, -0.2) is 20.6 Å². The largest absolute Gasteiger partial charge is 0.444 e. The van der Waals surface area contributed by atoms with Crippen LogP contribution in [0, 0.1) is 5.41 Å². The second kappa shape index (κ2) is 5.79. The average Bonchev–Trinajstić information content (AvgIpc) is 2.79. The third-order valence-electron chi connectivity index (χ3n) is 2.99. The van der Waals surface area contributed by atoms with E-state index in [2.05, 4.69) is 0 Å². The molecule has 2 atom stereocenters. The van der Waals surface area contributed by atoms with Crippen LogP contribution in [0.15, 0.2) is 41.9 Å². The second-order valence-electron chi connectivity index (χ2n) is 5.78. The number of amides is 1. The smallest absolute Gasteiger partial charge is 0.415 e. The van der Waals surface area contributed by atoms with Crippen LogP contribution in [0.5, 0.6) is 0 Å². The molecule has 5 heteroatoms. The Balaban J connectivity index is 2.02. The van der Waals surface area contributed by atoms with Gasteiger partial charge in [0.15, 0.2) is 0 Å². The summed E-state index contributed by atoms with van der Waals surface area (Å²) in [5, 5.41) is 1.16. The highest BCUT2D eigenvalue weighted by Gasteiger charge is 2.40. The molecular weight excluding hydrogens is 274 g/mol. The first-order valence-electron chi connectivity index (χ1n) is 6.46. The Morgan fingerprint density at radius 1 is 1.30 bits per heavy atom. The molecule has 0 spiro atoms. The van der Waals surface area contributed by atoms with E-state index < -0.39 is 16.9 Å². The summed E-state index contributed by atoms with van der Waals surface area (Å²) in [5.74, 6) is 0. The fraction of sp³-hybridized carbons (Fsp3) is 0.400. The van der Waals surface area contributed by atoms with Crippen molar-refractivity contribution in [2.45, 2.75) is 32.8 Å². The van der Waals surface area contributed by atoms with Gasteiger partial charge in [-0.25, -0.2) is 4.79 Å². The molecule has 0 N–H and O–H groups in total. The first-order valence-corrected chi connectivity index (χ1v) is 7.74. The summed E-state index contributed by atoms with van der Waals surface area (Å²) in [5.41, 5.74) is 0.651. The number of hydrogen-bond donors (Lipinski definition) is 0. The highest BCUT2D eigenvalue weighted by atomic mass is 32.2. The van der Waals surface area contributed by atoms with Gasteiger partial charge in [0.05, 0.1) is 10.8 Å². The van der Waals surface area contributed by atoms with Crippen molar-refractivity contribution >= 4 is 16.9 Å². The standard InChI is InChI=1S/C15H19NO3S/c1-15(2,3)13-16(9-10-20(13)18)14(17)19-11-12-7-5-4-6-8-12/h4-10,13H,11H2,1-3H3. The third-order valence-corrected chi connectivity index (χ3v) is 4.75. The van der Waals surface area contributed by atoms with Crippen LogP contribution in [0.2, 0.25) is 0 Å². The summed E-state index contributed by atoms with van der Waals surface area (Å²) in [6, 6.07) is 9.49. The molecule has 0 radical (unpaired) electrons. The van der Waals surface area contributed by atoms with Gasteiger partial charge in [-0.05, 0) is 11.0 Å². The van der Waals surface area contributed by atoms with Crippen LogP contribution in [0.4, 0.5) is 4.79 Å². The van der Waals surface area contributed by atoms with E-state index in [0.29, 0.717) is 0 Å². The van der Waals surface area contributed by atoms with Gasteiger partial charge in [-0.2, -0.15) is 0 Å². The monoisotopic (exact) mass is 293 g/mol. The average molecular weight is 293 g/mol. The Morgan fingerprint density at radius 3 is 2.55 bits per heavy atom. The van der Waals surface area contributed by atoms with Gasteiger partial charge in [-0.15, -0.1) is 0 Å². The van der Waals surface area contributed by atoms with Gasteiger partial charge in [-0.3, -0.25) is 9.11 Å². The quantitative estimate of drug-likeness (QED) is 0.841. The molecule has 1 aromatic rings. The minimum Gasteiger partial charge on any atom is -0.444 e. The van der Waals surface area contributed by atoms with Crippen molar-refractivity contribution < 1.29 is 13.7 Å². The van der Waals surface area contributed by atoms with Gasteiger partial charge in [0, 0.05) is 11.6 Å². The summed E-state index contributed by atoms with van der Waals surface area (Å²) in [7, 11) is -1.18. The zero-order valence-electron chi connectivity index (χ0n) is 11.9. The number of hydrogen-bond acceptors (Lipinski definition) is 3. The maximum Gasteiger partial charge on any atom is 0.415 e. The SMILES string of the molecule is CC(C)(C)C1N(C(=O)OCc2ccccc2)C=CS1=O. The lowest BCUT2D eigenvalue weighted by atomic mass is 9.96. The van der Waals surface area contributed by atoms with Gasteiger partial charge in [0.1, 0.15) is 12.0 Å². The molecule has 1 aliphatic rings. The van der Waals surface area contributed by atoms with Crippen LogP contribution in [-0.2, 0) is 22.1 Å². The molecule has 20 heavy (non-hydrogen) atoms. The van der Waals surface area contributed by atoms with E-state index in [0.717, 1.165) is 5.56 Å². The highest BCUT2D eigenvalue weighted by Crippen LogP contribution is 2.32. The number of rotatable bonds is 2. The molecule has 0 bridgehead atoms. The highest BCUT2D eigenvalue weighted by molar-refractivity contribution is 7.88. The molecular formula is C15H19NO3S. The van der Waals surface area contributed by atoms with Gasteiger partial charge in [-0.1, -0.05) is 51.1 Å². The normalized spacial score (nSPS) is 22.1. The van der Waals surface area contributed by atoms with Crippen LogP contribution in [0.25, 0.3) is 0 Å². The molecule has 0 aliphatic carbocycles. The fourth-order valence-corrected chi connectivity index (χ4v) is 3.58. The van der Waals surface area contributed by atoms with E-state index >= 15 is 0 Å². The van der Waals surface area contributed by atoms with Gasteiger partial charge in [0.2, 0.25) is 0 Å². The number of carbonyl (C=O) groups is 1. The van der Waals surface area contributed by atoms with Crippen molar-refractivity contribution in [3.8, 4) is 0 Å². The molecule has 0 fully saturated rings. The van der Waals surface area contributed by atoms with Crippen molar-refractivity contribution in [3.05, 3.63) is 47.5 Å². The molecule has 1 aliphatic heterocycles. The van der Waals surface area contributed by atoms with Gasteiger partial charge >= 0.3 is 6.09 Å². The molecule has 2 unspecified atom stereocenters. The molecule has 4 nitrogen and oxygen atoms in total. The number of benzene rings is 1. The van der Waals surface area contributed by atoms with E-state index in [-0.39, 0.29) is 17.4 Å². The molecule has 0 aromatic heterocycles. The van der Waals surface area contributed by atoms with E-state index in [1.807, 2.05) is 51.1 Å². The maximum absolute atomic E-state index is 12.1. The predicted molar refractivity (Wildman–Crippen MR) is 79.0 cm³/mol. The van der Waals surface area contributed by atoms with E-state index in [9.17, 15) is 9.00 Å². The molecule has 0 saturated carbocycles. The van der Waals surface area contributed by atoms with Gasteiger partial charge in [0.25, 0.3) is 0 Å². The van der Waals surface area contributed by atoms with E-state index in [1.165, 1.54) is 4.90 Å². The molecule has 108 valence electrons. The number of carbonyl (C=O) groups excluding carboxylic acids is 1. The lowest BCUT2D eigenvalue weighted by Gasteiger charge is -2.32. The Morgan fingerprint density at radius 2 is 1.95 bits per heavy atom. The Kier molecular flexibility index (Phi) is 4.28. The van der Waals surface area contributed by atoms with Crippen LogP contribution in [0.3, 0.4) is 0 Å². The van der Waals surface area contributed by atoms with Crippen molar-refractivity contribution in [2.75, 3.05) is 0 Å². The fourth-order valence-electron chi connectivity index (χ4n) is 2.11. The summed E-state index contributed by atoms with van der Waals surface area (Å²) in [4.78, 5) is 13.6. The third kappa shape index (κ3) is 3.28. The zero-order valence-corrected chi connectivity index (χ0v) is 12.7. The molecule has 1 amide bonds. The minimum atomic E-state index is -1.18. The second-order valence-corrected chi connectivity index (χ2v) is 7.16. The van der Waals surface area contributed by atoms with Gasteiger partial charge < -0.3 is 4.74 Å². The lowest BCUT2D eigenvalue weighted by molar-refractivity contribution is 0.0953. The van der Waals surface area contributed by atoms with Crippen molar-refractivity contribution in [2.24, 2.45) is 5.41 Å². The maximum atomic E-state index is 12.1. The molecule has 1 aromatic carbocycles. The van der Waals surface area contributed by atoms with Crippen molar-refractivity contribution in [1.82, 2.24) is 4.90 Å². The summed E-state index contributed by atoms with van der Waals surface area (Å²) in [6.45, 7) is 6.09. The van der Waals surface area contributed by atoms with Crippen molar-refractivity contribution in [1.29, 1.82) is 0 Å². The topological polar surface area (TPSA) is 46.6 Å². The molecule has 0 saturated heterocycles. The Hall–Kier alpha value is -1.62. The Bertz CT molecular complexity index is 534. The Labute approximate surface area is 121 Å². The van der Waals surface area contributed by atoms with Crippen LogP contribution < -0.4 is 0 Å². The lowest BCUT2D eigenvalue weighted by Crippen LogP contribution is -2.43. The predicted octanol–water partition coefficient (Wildman–Crippen LogP) is 3.23. The molecule has 1 heterocycles. The van der Waals surface area contributed by atoms with Crippen LogP contribution in [0.1, 0.15) is 26.3 Å². The minimum absolute atomic E-state index is 0.216. The summed E-state index contributed by atoms with van der Waals surface area (Å²) < 4.78 is 17.3. The van der Waals surface area contributed by atoms with Crippen LogP contribution >= 0.6 is 0 Å². The number of nitrogens with zero attached hydrogens (tertiary/aromatic N) is 1. The van der Waals surface area contributed by atoms with E-state index in [1.54, 1.807) is 11.6 Å². The summed E-state index contributed by atoms with van der Waals surface area (Å²) >= 11 is 0. The molecule has 2 rings (SSSR count). The zero-order chi connectivity index (χ0) is 14.8. The van der Waals surface area contributed by atoms with Crippen molar-refractivity contribution in [3.63, 3.8) is 0 Å². The summed E-state index contributed by atoms with van der Waals surface area (Å²) in [6.07, 6.45) is 1.09.